The highest BCUT2D eigenvalue weighted by Gasteiger charge is 2.05. The number of carbonyl (C=O) groups is 1. The van der Waals surface area contributed by atoms with Gasteiger partial charge in [0.1, 0.15) is 0 Å². The van der Waals surface area contributed by atoms with Crippen molar-refractivity contribution in [3.8, 4) is 0 Å². The third kappa shape index (κ3) is 3.99. The Morgan fingerprint density at radius 3 is 2.47 bits per heavy atom. The molecule has 0 spiro atoms. The van der Waals surface area contributed by atoms with Crippen LogP contribution >= 0.6 is 11.8 Å². The van der Waals surface area contributed by atoms with Gasteiger partial charge in [0.2, 0.25) is 5.91 Å². The molecular weight excluding hydrogens is 238 g/mol. The fourth-order valence-electron chi connectivity index (χ4n) is 1.05. The van der Waals surface area contributed by atoms with Gasteiger partial charge in [-0.2, -0.15) is 0 Å². The first kappa shape index (κ1) is 13.4. The number of oxime groups is 1. The van der Waals surface area contributed by atoms with Crippen LogP contribution in [0, 0.1) is 0 Å². The topological polar surface area (TPSA) is 78.9 Å². The second-order valence-corrected chi connectivity index (χ2v) is 4.64. The zero-order valence-corrected chi connectivity index (χ0v) is 10.6. The van der Waals surface area contributed by atoms with Gasteiger partial charge in [0.15, 0.2) is 5.84 Å². The number of carbonyl (C=O) groups excluding carboxylic acids is 1. The zero-order chi connectivity index (χ0) is 12.8. The minimum Gasteiger partial charge on any atom is -0.409 e. The SMILES string of the molecule is CN(C)C(=O)CSc1ccc(/C(N)=N/O)cc1. The maximum absolute atomic E-state index is 11.4. The predicted octanol–water partition coefficient (Wildman–Crippen LogP) is 0.961. The third-order valence-corrected chi connectivity index (χ3v) is 3.12. The maximum Gasteiger partial charge on any atom is 0.232 e. The van der Waals surface area contributed by atoms with E-state index < -0.39 is 0 Å². The Morgan fingerprint density at radius 2 is 2.00 bits per heavy atom. The second-order valence-electron chi connectivity index (χ2n) is 3.59. The lowest BCUT2D eigenvalue weighted by atomic mass is 10.2. The predicted molar refractivity (Wildman–Crippen MR) is 68.4 cm³/mol. The van der Waals surface area contributed by atoms with E-state index in [4.69, 9.17) is 10.9 Å². The third-order valence-electron chi connectivity index (χ3n) is 2.12. The normalized spacial score (nSPS) is 11.3. The molecule has 0 aromatic heterocycles. The van der Waals surface area contributed by atoms with Crippen LogP contribution in [0.3, 0.4) is 0 Å². The largest absolute Gasteiger partial charge is 0.409 e. The van der Waals surface area contributed by atoms with Crippen molar-refractivity contribution in [2.24, 2.45) is 10.9 Å². The van der Waals surface area contributed by atoms with Crippen LogP contribution in [0.2, 0.25) is 0 Å². The summed E-state index contributed by atoms with van der Waals surface area (Å²) in [6.45, 7) is 0. The average molecular weight is 253 g/mol. The molecule has 0 fully saturated rings. The number of amidine groups is 1. The Labute approximate surface area is 104 Å². The monoisotopic (exact) mass is 253 g/mol. The highest BCUT2D eigenvalue weighted by molar-refractivity contribution is 8.00. The standard InChI is InChI=1S/C11H15N3O2S/c1-14(2)10(15)7-17-9-5-3-8(4-6-9)11(12)13-16/h3-6,16H,7H2,1-2H3,(H2,12,13). The van der Waals surface area contributed by atoms with Crippen molar-refractivity contribution < 1.29 is 10.0 Å². The van der Waals surface area contributed by atoms with Crippen LogP contribution in [0.15, 0.2) is 34.3 Å². The highest BCUT2D eigenvalue weighted by atomic mass is 32.2. The van der Waals surface area contributed by atoms with E-state index in [0.717, 1.165) is 4.90 Å². The lowest BCUT2D eigenvalue weighted by Gasteiger charge is -2.09. The van der Waals surface area contributed by atoms with Crippen molar-refractivity contribution in [3.05, 3.63) is 29.8 Å². The molecule has 0 aliphatic rings. The van der Waals surface area contributed by atoms with Crippen LogP contribution in [-0.2, 0) is 4.79 Å². The molecule has 0 saturated heterocycles. The van der Waals surface area contributed by atoms with Gasteiger partial charge in [0.05, 0.1) is 5.75 Å². The first-order valence-corrected chi connectivity index (χ1v) is 5.94. The Kier molecular flexibility index (Phi) is 4.84. The summed E-state index contributed by atoms with van der Waals surface area (Å²) in [5, 5.41) is 11.4. The van der Waals surface area contributed by atoms with Crippen LogP contribution in [0.4, 0.5) is 0 Å². The van der Waals surface area contributed by atoms with Gasteiger partial charge >= 0.3 is 0 Å². The van der Waals surface area contributed by atoms with Gasteiger partial charge < -0.3 is 15.8 Å². The van der Waals surface area contributed by atoms with Gasteiger partial charge in [0.25, 0.3) is 0 Å². The fourth-order valence-corrected chi connectivity index (χ4v) is 1.93. The van der Waals surface area contributed by atoms with E-state index >= 15 is 0 Å². The van der Waals surface area contributed by atoms with E-state index in [9.17, 15) is 4.79 Å². The molecule has 1 aromatic rings. The molecule has 0 heterocycles. The Morgan fingerprint density at radius 1 is 1.41 bits per heavy atom. The molecule has 92 valence electrons. The molecule has 0 radical (unpaired) electrons. The molecule has 0 unspecified atom stereocenters. The van der Waals surface area contributed by atoms with E-state index in [-0.39, 0.29) is 11.7 Å². The van der Waals surface area contributed by atoms with Gasteiger partial charge in [-0.1, -0.05) is 17.3 Å². The van der Waals surface area contributed by atoms with Crippen molar-refractivity contribution in [2.75, 3.05) is 19.8 Å². The smallest absolute Gasteiger partial charge is 0.232 e. The van der Waals surface area contributed by atoms with E-state index in [1.165, 1.54) is 11.8 Å². The Hall–Kier alpha value is -1.69. The summed E-state index contributed by atoms with van der Waals surface area (Å²) < 4.78 is 0. The van der Waals surface area contributed by atoms with E-state index in [1.807, 2.05) is 12.1 Å². The molecule has 0 saturated carbocycles. The van der Waals surface area contributed by atoms with Crippen LogP contribution < -0.4 is 5.73 Å². The molecule has 3 N–H and O–H groups in total. The van der Waals surface area contributed by atoms with Gasteiger partial charge in [0, 0.05) is 24.6 Å². The first-order valence-electron chi connectivity index (χ1n) is 4.95. The number of nitrogens with zero attached hydrogens (tertiary/aromatic N) is 2. The summed E-state index contributed by atoms with van der Waals surface area (Å²) in [5.74, 6) is 0.539. The molecule has 0 atom stereocenters. The number of amides is 1. The Bertz CT molecular complexity index is 415. The van der Waals surface area contributed by atoms with Crippen molar-refractivity contribution in [1.29, 1.82) is 0 Å². The minimum atomic E-state index is 0.0653. The number of rotatable bonds is 4. The lowest BCUT2D eigenvalue weighted by Crippen LogP contribution is -2.23. The number of benzene rings is 1. The van der Waals surface area contributed by atoms with Gasteiger partial charge in [-0.15, -0.1) is 11.8 Å². The summed E-state index contributed by atoms with van der Waals surface area (Å²) in [5.41, 5.74) is 6.09. The lowest BCUT2D eigenvalue weighted by molar-refractivity contribution is -0.125. The quantitative estimate of drug-likeness (QED) is 0.275. The highest BCUT2D eigenvalue weighted by Crippen LogP contribution is 2.18. The number of nitrogens with two attached hydrogens (primary N) is 1. The molecular formula is C11H15N3O2S. The molecule has 1 aromatic carbocycles. The van der Waals surface area contributed by atoms with Crippen LogP contribution in [0.1, 0.15) is 5.56 Å². The van der Waals surface area contributed by atoms with Crippen molar-refractivity contribution in [3.63, 3.8) is 0 Å². The average Bonchev–Trinajstić information content (AvgIpc) is 2.35. The molecule has 0 aliphatic heterocycles. The van der Waals surface area contributed by atoms with Crippen molar-refractivity contribution in [1.82, 2.24) is 4.90 Å². The number of hydrogen-bond donors (Lipinski definition) is 2. The summed E-state index contributed by atoms with van der Waals surface area (Å²) in [4.78, 5) is 13.9. The van der Waals surface area contributed by atoms with Crippen LogP contribution in [-0.4, -0.2) is 41.7 Å². The molecule has 17 heavy (non-hydrogen) atoms. The zero-order valence-electron chi connectivity index (χ0n) is 9.75. The van der Waals surface area contributed by atoms with Gasteiger partial charge in [-0.25, -0.2) is 0 Å². The van der Waals surface area contributed by atoms with Crippen LogP contribution in [0.25, 0.3) is 0 Å². The summed E-state index contributed by atoms with van der Waals surface area (Å²) in [6, 6.07) is 7.16. The van der Waals surface area contributed by atoms with E-state index in [0.29, 0.717) is 11.3 Å². The van der Waals surface area contributed by atoms with E-state index in [2.05, 4.69) is 5.16 Å². The van der Waals surface area contributed by atoms with Crippen molar-refractivity contribution in [2.45, 2.75) is 4.90 Å². The second kappa shape index (κ2) is 6.15. The molecule has 0 aliphatic carbocycles. The first-order chi connectivity index (χ1) is 8.04. The van der Waals surface area contributed by atoms with Crippen molar-refractivity contribution >= 4 is 23.5 Å². The maximum atomic E-state index is 11.4. The molecule has 1 rings (SSSR count). The molecule has 6 heteroatoms. The minimum absolute atomic E-state index is 0.0653. The van der Waals surface area contributed by atoms with E-state index in [1.54, 1.807) is 31.1 Å². The summed E-state index contributed by atoms with van der Waals surface area (Å²) >= 11 is 1.45. The molecule has 1 amide bonds. The fraction of sp³-hybridized carbons (Fsp3) is 0.273. The molecule has 0 bridgehead atoms. The van der Waals surface area contributed by atoms with Crippen LogP contribution in [0.5, 0.6) is 0 Å². The summed E-state index contributed by atoms with van der Waals surface area (Å²) in [6.07, 6.45) is 0. The number of hydrogen-bond acceptors (Lipinski definition) is 4. The Balaban J connectivity index is 2.60. The molecule has 5 nitrogen and oxygen atoms in total. The number of thioether (sulfide) groups is 1. The van der Waals surface area contributed by atoms with Gasteiger partial charge in [-0.05, 0) is 12.1 Å². The van der Waals surface area contributed by atoms with Gasteiger partial charge in [-0.3, -0.25) is 4.79 Å². The summed E-state index contributed by atoms with van der Waals surface area (Å²) in [7, 11) is 3.45.